The second kappa shape index (κ2) is 5.63. The van der Waals surface area contributed by atoms with Gasteiger partial charge in [0.1, 0.15) is 0 Å². The number of hydrogen-bond acceptors (Lipinski definition) is 2. The minimum Gasteiger partial charge on any atom is -0.273 e. The molecule has 0 heterocycles. The summed E-state index contributed by atoms with van der Waals surface area (Å²) in [6.07, 6.45) is 6.81. The van der Waals surface area contributed by atoms with E-state index >= 15 is 0 Å². The number of aryl methyl sites for hydroxylation is 3. The van der Waals surface area contributed by atoms with Crippen molar-refractivity contribution in [3.05, 3.63) is 34.4 Å². The van der Waals surface area contributed by atoms with E-state index < -0.39 is 0 Å². The number of nitrogens with one attached hydrogen (secondary N) is 1. The Hall–Kier alpha value is -1.64. The lowest BCUT2D eigenvalue weighted by molar-refractivity contribution is -0.122. The largest absolute Gasteiger partial charge is 0.273 e. The zero-order chi connectivity index (χ0) is 15.0. The molecule has 0 aromatic heterocycles. The molecule has 3 rings (SSSR count). The minimum atomic E-state index is 0.116. The highest BCUT2D eigenvalue weighted by atomic mass is 16.2. The molecule has 0 saturated heterocycles. The highest BCUT2D eigenvalue weighted by Gasteiger charge is 2.54. The SMILES string of the molecule is Cc1cc(C)c(/C=N\NC(=O)C2[C@H]3CCCC[C@@H]23)c(C)c1. The van der Waals surface area contributed by atoms with Gasteiger partial charge in [0.2, 0.25) is 5.91 Å². The van der Waals surface area contributed by atoms with Gasteiger partial charge in [-0.1, -0.05) is 30.5 Å². The van der Waals surface area contributed by atoms with E-state index in [-0.39, 0.29) is 11.8 Å². The molecule has 1 amide bonds. The van der Waals surface area contributed by atoms with E-state index in [9.17, 15) is 4.79 Å². The fourth-order valence-electron chi connectivity index (χ4n) is 4.01. The Balaban J connectivity index is 1.61. The van der Waals surface area contributed by atoms with Gasteiger partial charge in [-0.15, -0.1) is 0 Å². The van der Waals surface area contributed by atoms with E-state index in [1.807, 2.05) is 0 Å². The predicted molar refractivity (Wildman–Crippen MR) is 85.3 cm³/mol. The quantitative estimate of drug-likeness (QED) is 0.670. The Morgan fingerprint density at radius 2 is 1.71 bits per heavy atom. The third-order valence-corrected chi connectivity index (χ3v) is 5.07. The standard InChI is InChI=1S/C18H24N2O/c1-11-8-12(2)16(13(3)9-11)10-19-20-18(21)17-14-6-4-5-7-15(14)17/h8-10,14-15,17H,4-7H2,1-3H3,(H,20,21)/b19-10-/t14-,15+,17?. The Kier molecular flexibility index (Phi) is 3.83. The number of amides is 1. The lowest BCUT2D eigenvalue weighted by Gasteiger charge is -2.06. The van der Waals surface area contributed by atoms with Gasteiger partial charge in [0.25, 0.3) is 0 Å². The summed E-state index contributed by atoms with van der Waals surface area (Å²) in [7, 11) is 0. The molecule has 3 atom stereocenters. The third kappa shape index (κ3) is 2.87. The summed E-state index contributed by atoms with van der Waals surface area (Å²) < 4.78 is 0. The molecule has 0 radical (unpaired) electrons. The number of benzene rings is 1. The van der Waals surface area contributed by atoms with Crippen LogP contribution in [0.3, 0.4) is 0 Å². The van der Waals surface area contributed by atoms with Crippen LogP contribution in [0, 0.1) is 38.5 Å². The van der Waals surface area contributed by atoms with E-state index in [2.05, 4.69) is 43.4 Å². The molecule has 3 heteroatoms. The van der Waals surface area contributed by atoms with Gasteiger partial charge in [0.05, 0.1) is 6.21 Å². The summed E-state index contributed by atoms with van der Waals surface area (Å²) >= 11 is 0. The van der Waals surface area contributed by atoms with Crippen LogP contribution in [0.1, 0.15) is 47.9 Å². The van der Waals surface area contributed by atoms with Crippen molar-refractivity contribution < 1.29 is 4.79 Å². The highest BCUT2D eigenvalue weighted by molar-refractivity contribution is 5.87. The molecule has 1 unspecified atom stereocenters. The van der Waals surface area contributed by atoms with Crippen LogP contribution in [0.25, 0.3) is 0 Å². The summed E-state index contributed by atoms with van der Waals surface area (Å²) in [5, 5.41) is 4.19. The van der Waals surface area contributed by atoms with Crippen molar-refractivity contribution in [1.82, 2.24) is 5.43 Å². The van der Waals surface area contributed by atoms with Crippen molar-refractivity contribution >= 4 is 12.1 Å². The van der Waals surface area contributed by atoms with Gasteiger partial charge in [-0.05, 0) is 56.6 Å². The van der Waals surface area contributed by atoms with E-state index in [0.29, 0.717) is 11.8 Å². The fourth-order valence-corrected chi connectivity index (χ4v) is 4.01. The molecular formula is C18H24N2O. The summed E-state index contributed by atoms with van der Waals surface area (Å²) in [6.45, 7) is 6.26. The maximum absolute atomic E-state index is 12.2. The predicted octanol–water partition coefficient (Wildman–Crippen LogP) is 3.50. The van der Waals surface area contributed by atoms with Crippen molar-refractivity contribution in [2.45, 2.75) is 46.5 Å². The van der Waals surface area contributed by atoms with Crippen molar-refractivity contribution in [3.8, 4) is 0 Å². The average molecular weight is 284 g/mol. The fraction of sp³-hybridized carbons (Fsp3) is 0.556. The molecule has 0 bridgehead atoms. The lowest BCUT2D eigenvalue weighted by Crippen LogP contribution is -2.21. The number of carbonyl (C=O) groups is 1. The number of fused-ring (bicyclic) bond motifs is 1. The van der Waals surface area contributed by atoms with Crippen LogP contribution in [0.4, 0.5) is 0 Å². The topological polar surface area (TPSA) is 41.5 Å². The second-order valence-electron chi connectivity index (χ2n) is 6.68. The number of rotatable bonds is 3. The zero-order valence-electron chi connectivity index (χ0n) is 13.1. The second-order valence-corrected chi connectivity index (χ2v) is 6.68. The molecule has 2 fully saturated rings. The molecular weight excluding hydrogens is 260 g/mol. The van der Waals surface area contributed by atoms with Gasteiger partial charge in [0.15, 0.2) is 0 Å². The highest BCUT2D eigenvalue weighted by Crippen LogP contribution is 2.55. The third-order valence-electron chi connectivity index (χ3n) is 5.07. The van der Waals surface area contributed by atoms with Crippen molar-refractivity contribution in [3.63, 3.8) is 0 Å². The van der Waals surface area contributed by atoms with Crippen molar-refractivity contribution in [2.75, 3.05) is 0 Å². The molecule has 21 heavy (non-hydrogen) atoms. The first-order valence-electron chi connectivity index (χ1n) is 7.98. The van der Waals surface area contributed by atoms with Crippen LogP contribution in [-0.2, 0) is 4.79 Å². The smallest absolute Gasteiger partial charge is 0.243 e. The average Bonchev–Trinajstić information content (AvgIpc) is 3.15. The van der Waals surface area contributed by atoms with Crippen molar-refractivity contribution in [2.24, 2.45) is 22.9 Å². The molecule has 2 aliphatic carbocycles. The molecule has 112 valence electrons. The van der Waals surface area contributed by atoms with Crippen LogP contribution in [0.2, 0.25) is 0 Å². The number of hydrogen-bond donors (Lipinski definition) is 1. The van der Waals surface area contributed by atoms with E-state index in [1.54, 1.807) is 6.21 Å². The molecule has 0 aliphatic heterocycles. The molecule has 1 N–H and O–H groups in total. The molecule has 2 saturated carbocycles. The summed E-state index contributed by atoms with van der Waals surface area (Å²) in [6, 6.07) is 4.29. The van der Waals surface area contributed by atoms with Crippen LogP contribution in [0.5, 0.6) is 0 Å². The first-order chi connectivity index (χ1) is 10.1. The Labute approximate surface area is 126 Å². The summed E-state index contributed by atoms with van der Waals surface area (Å²) in [4.78, 5) is 12.2. The van der Waals surface area contributed by atoms with Gasteiger partial charge in [-0.25, -0.2) is 5.43 Å². The lowest BCUT2D eigenvalue weighted by atomic mass is 10.0. The molecule has 1 aromatic carbocycles. The number of hydrazone groups is 1. The molecule has 0 spiro atoms. The van der Waals surface area contributed by atoms with Crippen LogP contribution in [-0.4, -0.2) is 12.1 Å². The van der Waals surface area contributed by atoms with Crippen LogP contribution >= 0.6 is 0 Å². The molecule has 2 aliphatic rings. The Morgan fingerprint density at radius 1 is 1.14 bits per heavy atom. The Bertz CT molecular complexity index is 556. The van der Waals surface area contributed by atoms with Gasteiger partial charge in [0, 0.05) is 11.5 Å². The van der Waals surface area contributed by atoms with Gasteiger partial charge in [-0.3, -0.25) is 4.79 Å². The zero-order valence-corrected chi connectivity index (χ0v) is 13.1. The molecule has 3 nitrogen and oxygen atoms in total. The molecule has 1 aromatic rings. The van der Waals surface area contributed by atoms with E-state index in [0.717, 1.165) is 5.56 Å². The maximum Gasteiger partial charge on any atom is 0.243 e. The number of carbonyl (C=O) groups excluding carboxylic acids is 1. The summed E-state index contributed by atoms with van der Waals surface area (Å²) in [5.41, 5.74) is 7.51. The van der Waals surface area contributed by atoms with E-state index in [4.69, 9.17) is 0 Å². The van der Waals surface area contributed by atoms with Crippen molar-refractivity contribution in [1.29, 1.82) is 0 Å². The minimum absolute atomic E-state index is 0.116. The number of nitrogens with zero attached hydrogens (tertiary/aromatic N) is 1. The normalized spacial score (nSPS) is 27.5. The first-order valence-corrected chi connectivity index (χ1v) is 7.98. The monoisotopic (exact) mass is 284 g/mol. The van der Waals surface area contributed by atoms with Gasteiger partial charge in [-0.2, -0.15) is 5.10 Å². The van der Waals surface area contributed by atoms with E-state index in [1.165, 1.54) is 42.4 Å². The van der Waals surface area contributed by atoms with Gasteiger partial charge >= 0.3 is 0 Å². The first kappa shape index (κ1) is 14.3. The van der Waals surface area contributed by atoms with Crippen LogP contribution < -0.4 is 5.43 Å². The van der Waals surface area contributed by atoms with Crippen LogP contribution in [0.15, 0.2) is 17.2 Å². The Morgan fingerprint density at radius 3 is 2.29 bits per heavy atom. The summed E-state index contributed by atoms with van der Waals surface area (Å²) in [5.74, 6) is 1.61. The maximum atomic E-state index is 12.2. The van der Waals surface area contributed by atoms with Gasteiger partial charge < -0.3 is 0 Å².